The van der Waals surface area contributed by atoms with Gasteiger partial charge in [-0.2, -0.15) is 5.26 Å². The Hall–Kier alpha value is -3.04. The Morgan fingerprint density at radius 1 is 1.17 bits per heavy atom. The van der Waals surface area contributed by atoms with E-state index in [1.807, 2.05) is 6.07 Å². The largest absolute Gasteiger partial charge is 0.484 e. The molecule has 0 unspecified atom stereocenters. The number of benzene rings is 1. The number of nitrogens with two attached hydrogens (primary N) is 1. The number of hydrogen-bond acceptors (Lipinski definition) is 5. The molecule has 0 saturated heterocycles. The van der Waals surface area contributed by atoms with Gasteiger partial charge in [-0.1, -0.05) is 24.4 Å². The Labute approximate surface area is 179 Å². The fourth-order valence-corrected chi connectivity index (χ4v) is 4.05. The molecule has 3 aromatic rings. The lowest BCUT2D eigenvalue weighted by Gasteiger charge is -2.18. The number of fused-ring (bicyclic) bond motifs is 1. The standard InChI is InChI=1S/C23H21ClFN3O2/c24-18-11-14(25)7-9-20(18)29-13-15-8-10-21(30-15)22-16-5-3-1-2-4-6-19(16)28-23(27)17(22)12-26/h7-11H,1-6,13H2,(H2,27,28). The fourth-order valence-electron chi connectivity index (χ4n) is 3.83. The number of halogens is 2. The van der Waals surface area contributed by atoms with Gasteiger partial charge in [-0.15, -0.1) is 0 Å². The third-order valence-electron chi connectivity index (χ3n) is 5.29. The molecule has 4 rings (SSSR count). The number of rotatable bonds is 4. The second-order valence-corrected chi connectivity index (χ2v) is 7.73. The molecule has 0 saturated carbocycles. The second-order valence-electron chi connectivity index (χ2n) is 7.33. The zero-order chi connectivity index (χ0) is 21.1. The molecular weight excluding hydrogens is 405 g/mol. The van der Waals surface area contributed by atoms with Gasteiger partial charge in [0.2, 0.25) is 0 Å². The highest BCUT2D eigenvalue weighted by molar-refractivity contribution is 6.32. The topological polar surface area (TPSA) is 85.1 Å². The number of aryl methyl sites for hydroxylation is 1. The highest BCUT2D eigenvalue weighted by Crippen LogP contribution is 2.36. The molecule has 7 heteroatoms. The van der Waals surface area contributed by atoms with Crippen LogP contribution in [0.4, 0.5) is 10.2 Å². The van der Waals surface area contributed by atoms with E-state index in [9.17, 15) is 9.65 Å². The average Bonchev–Trinajstić information content (AvgIpc) is 3.16. The highest BCUT2D eigenvalue weighted by atomic mass is 35.5. The van der Waals surface area contributed by atoms with Gasteiger partial charge in [0.25, 0.3) is 0 Å². The molecule has 1 aliphatic rings. The van der Waals surface area contributed by atoms with Crippen molar-refractivity contribution >= 4 is 17.4 Å². The normalized spacial score (nSPS) is 13.8. The molecule has 0 amide bonds. The molecule has 0 bridgehead atoms. The minimum Gasteiger partial charge on any atom is -0.484 e. The molecule has 154 valence electrons. The Morgan fingerprint density at radius 3 is 2.73 bits per heavy atom. The number of anilines is 1. The van der Waals surface area contributed by atoms with Gasteiger partial charge in [0.15, 0.2) is 0 Å². The first-order valence-corrected chi connectivity index (χ1v) is 10.3. The lowest BCUT2D eigenvalue weighted by molar-refractivity contribution is 0.272. The maximum atomic E-state index is 13.2. The van der Waals surface area contributed by atoms with Crippen LogP contribution in [0.3, 0.4) is 0 Å². The van der Waals surface area contributed by atoms with Crippen molar-refractivity contribution < 1.29 is 13.5 Å². The van der Waals surface area contributed by atoms with E-state index in [1.165, 1.54) is 24.6 Å². The molecule has 0 fully saturated rings. The van der Waals surface area contributed by atoms with E-state index in [2.05, 4.69) is 11.1 Å². The molecule has 2 aromatic heterocycles. The van der Waals surface area contributed by atoms with Crippen LogP contribution in [-0.4, -0.2) is 4.98 Å². The predicted octanol–water partition coefficient (Wildman–Crippen LogP) is 5.83. The summed E-state index contributed by atoms with van der Waals surface area (Å²) < 4.78 is 24.9. The summed E-state index contributed by atoms with van der Waals surface area (Å²) in [6, 6.07) is 9.76. The van der Waals surface area contributed by atoms with Crippen LogP contribution in [0.15, 0.2) is 34.7 Å². The first-order valence-electron chi connectivity index (χ1n) is 9.95. The van der Waals surface area contributed by atoms with Gasteiger partial charge in [0, 0.05) is 11.3 Å². The molecule has 5 nitrogen and oxygen atoms in total. The number of nitriles is 1. The third-order valence-corrected chi connectivity index (χ3v) is 5.58. The van der Waals surface area contributed by atoms with Gasteiger partial charge in [-0.25, -0.2) is 9.37 Å². The number of hydrogen-bond donors (Lipinski definition) is 1. The van der Waals surface area contributed by atoms with E-state index in [0.717, 1.165) is 48.9 Å². The van der Waals surface area contributed by atoms with Crippen molar-refractivity contribution in [1.82, 2.24) is 4.98 Å². The van der Waals surface area contributed by atoms with Crippen molar-refractivity contribution in [3.8, 4) is 23.1 Å². The van der Waals surface area contributed by atoms with E-state index in [1.54, 1.807) is 6.07 Å². The van der Waals surface area contributed by atoms with Crippen molar-refractivity contribution in [3.05, 3.63) is 63.8 Å². The summed E-state index contributed by atoms with van der Waals surface area (Å²) in [4.78, 5) is 4.52. The number of aromatic nitrogens is 1. The summed E-state index contributed by atoms with van der Waals surface area (Å²) in [6.07, 6.45) is 6.10. The summed E-state index contributed by atoms with van der Waals surface area (Å²) in [5.41, 5.74) is 9.18. The van der Waals surface area contributed by atoms with Crippen LogP contribution >= 0.6 is 11.6 Å². The SMILES string of the molecule is N#Cc1c(N)nc2c(c1-c1ccc(COc3ccc(F)cc3Cl)o1)CCCCCC2. The Morgan fingerprint density at radius 2 is 1.97 bits per heavy atom. The van der Waals surface area contributed by atoms with E-state index in [0.29, 0.717) is 22.8 Å². The fraction of sp³-hybridized carbons (Fsp3) is 0.304. The van der Waals surface area contributed by atoms with Crippen molar-refractivity contribution in [1.29, 1.82) is 5.26 Å². The van der Waals surface area contributed by atoms with Crippen molar-refractivity contribution in [2.24, 2.45) is 0 Å². The van der Waals surface area contributed by atoms with Gasteiger partial charge in [-0.3, -0.25) is 0 Å². The molecular formula is C23H21ClFN3O2. The monoisotopic (exact) mass is 425 g/mol. The number of nitrogen functional groups attached to an aromatic ring is 1. The Bertz CT molecular complexity index is 1120. The Balaban J connectivity index is 1.66. The number of pyridine rings is 1. The van der Waals surface area contributed by atoms with E-state index >= 15 is 0 Å². The summed E-state index contributed by atoms with van der Waals surface area (Å²) in [7, 11) is 0. The van der Waals surface area contributed by atoms with Crippen LogP contribution < -0.4 is 10.5 Å². The number of furan rings is 1. The van der Waals surface area contributed by atoms with Gasteiger partial charge < -0.3 is 14.9 Å². The third kappa shape index (κ3) is 4.12. The van der Waals surface area contributed by atoms with Crippen LogP contribution in [0, 0.1) is 17.1 Å². The summed E-state index contributed by atoms with van der Waals surface area (Å²) in [5.74, 6) is 1.31. The predicted molar refractivity (Wildman–Crippen MR) is 113 cm³/mol. The van der Waals surface area contributed by atoms with Crippen LogP contribution in [0.1, 0.15) is 48.3 Å². The van der Waals surface area contributed by atoms with Crippen LogP contribution in [-0.2, 0) is 19.4 Å². The van der Waals surface area contributed by atoms with E-state index in [4.69, 9.17) is 26.5 Å². The van der Waals surface area contributed by atoms with Crippen molar-refractivity contribution in [2.75, 3.05) is 5.73 Å². The first-order chi connectivity index (χ1) is 14.6. The molecule has 2 heterocycles. The van der Waals surface area contributed by atoms with E-state index in [-0.39, 0.29) is 17.4 Å². The van der Waals surface area contributed by atoms with Crippen LogP contribution in [0.5, 0.6) is 5.75 Å². The molecule has 0 atom stereocenters. The van der Waals surface area contributed by atoms with Crippen LogP contribution in [0.25, 0.3) is 11.3 Å². The molecule has 0 aliphatic heterocycles. The van der Waals surface area contributed by atoms with Gasteiger partial charge >= 0.3 is 0 Å². The quantitative estimate of drug-likeness (QED) is 0.568. The lowest BCUT2D eigenvalue weighted by atomic mass is 9.90. The van der Waals surface area contributed by atoms with Crippen molar-refractivity contribution in [2.45, 2.75) is 45.1 Å². The maximum Gasteiger partial charge on any atom is 0.146 e. The summed E-state index contributed by atoms with van der Waals surface area (Å²) in [5, 5.41) is 9.91. The lowest BCUT2D eigenvalue weighted by Crippen LogP contribution is -2.09. The number of ether oxygens (including phenoxy) is 1. The molecule has 0 radical (unpaired) electrons. The highest BCUT2D eigenvalue weighted by Gasteiger charge is 2.23. The van der Waals surface area contributed by atoms with E-state index < -0.39 is 5.82 Å². The molecule has 1 aliphatic carbocycles. The first kappa shape index (κ1) is 20.2. The minimum absolute atomic E-state index is 0.121. The molecule has 1 aromatic carbocycles. The average molecular weight is 426 g/mol. The molecule has 30 heavy (non-hydrogen) atoms. The molecule has 2 N–H and O–H groups in total. The second kappa shape index (κ2) is 8.76. The van der Waals surface area contributed by atoms with Gasteiger partial charge in [0.05, 0.1) is 5.02 Å². The minimum atomic E-state index is -0.427. The summed E-state index contributed by atoms with van der Waals surface area (Å²) in [6.45, 7) is 0.121. The smallest absolute Gasteiger partial charge is 0.146 e. The Kier molecular flexibility index (Phi) is 5.91. The zero-order valence-electron chi connectivity index (χ0n) is 16.4. The summed E-state index contributed by atoms with van der Waals surface area (Å²) >= 11 is 6.01. The van der Waals surface area contributed by atoms with Gasteiger partial charge in [-0.05, 0) is 61.6 Å². The number of nitrogens with zero attached hydrogens (tertiary/aromatic N) is 2. The van der Waals surface area contributed by atoms with Crippen LogP contribution in [0.2, 0.25) is 5.02 Å². The molecule has 0 spiro atoms. The van der Waals surface area contributed by atoms with Gasteiger partial charge in [0.1, 0.15) is 47.1 Å². The zero-order valence-corrected chi connectivity index (χ0v) is 17.1. The van der Waals surface area contributed by atoms with Crippen molar-refractivity contribution in [3.63, 3.8) is 0 Å². The maximum absolute atomic E-state index is 13.2.